The van der Waals surface area contributed by atoms with Crippen LogP contribution < -0.4 is 10.1 Å². The first-order valence-corrected chi connectivity index (χ1v) is 9.96. The van der Waals surface area contributed by atoms with Crippen LogP contribution in [-0.4, -0.2) is 54.1 Å². The molecule has 7 nitrogen and oxygen atoms in total. The maximum absolute atomic E-state index is 13.0. The number of carbonyl (C=O) groups excluding carboxylic acids is 1. The highest BCUT2D eigenvalue weighted by Gasteiger charge is 2.25. The molecule has 8 heteroatoms. The molecule has 1 aromatic heterocycles. The van der Waals surface area contributed by atoms with Gasteiger partial charge in [0.05, 0.1) is 44.0 Å². The number of anilines is 1. The van der Waals surface area contributed by atoms with Gasteiger partial charge in [-0.2, -0.15) is 0 Å². The van der Waals surface area contributed by atoms with E-state index in [1.807, 2.05) is 29.2 Å². The summed E-state index contributed by atoms with van der Waals surface area (Å²) >= 11 is 0. The third-order valence-corrected chi connectivity index (χ3v) is 4.99. The Kier molecular flexibility index (Phi) is 6.49. The Morgan fingerprint density at radius 3 is 2.90 bits per heavy atom. The van der Waals surface area contributed by atoms with E-state index in [0.717, 1.165) is 17.0 Å². The molecule has 3 aromatic rings. The zero-order valence-corrected chi connectivity index (χ0v) is 17.1. The number of ether oxygens (including phenoxy) is 2. The molecule has 0 aliphatic carbocycles. The van der Waals surface area contributed by atoms with E-state index in [9.17, 15) is 9.18 Å². The van der Waals surface area contributed by atoms with Gasteiger partial charge in [0, 0.05) is 24.3 Å². The molecule has 160 valence electrons. The van der Waals surface area contributed by atoms with Crippen molar-refractivity contribution < 1.29 is 18.7 Å². The van der Waals surface area contributed by atoms with E-state index in [0.29, 0.717) is 31.1 Å². The van der Waals surface area contributed by atoms with Gasteiger partial charge in [0.2, 0.25) is 5.91 Å². The average Bonchev–Trinajstić information content (AvgIpc) is 2.81. The monoisotopic (exact) mass is 422 g/mol. The molecule has 1 N–H and O–H groups in total. The van der Waals surface area contributed by atoms with Crippen LogP contribution in [0.2, 0.25) is 0 Å². The SMILES string of the molecule is COc1cccc(-c2cncc([C@@H]3CN(CC(=O)Nc4ccc(F)cc4)CCO3)n2)c1. The molecule has 1 saturated heterocycles. The van der Waals surface area contributed by atoms with E-state index in [2.05, 4.69) is 10.3 Å². The number of benzene rings is 2. The van der Waals surface area contributed by atoms with E-state index in [1.54, 1.807) is 19.5 Å². The minimum Gasteiger partial charge on any atom is -0.497 e. The number of aromatic nitrogens is 2. The van der Waals surface area contributed by atoms with Crippen molar-refractivity contribution in [3.8, 4) is 17.0 Å². The van der Waals surface area contributed by atoms with Crippen LogP contribution in [0.25, 0.3) is 11.3 Å². The highest BCUT2D eigenvalue weighted by Crippen LogP contribution is 2.25. The minimum absolute atomic E-state index is 0.163. The third kappa shape index (κ3) is 5.42. The average molecular weight is 422 g/mol. The molecule has 2 heterocycles. The molecule has 4 rings (SSSR count). The molecule has 31 heavy (non-hydrogen) atoms. The van der Waals surface area contributed by atoms with Crippen molar-refractivity contribution in [1.29, 1.82) is 0 Å². The maximum Gasteiger partial charge on any atom is 0.238 e. The molecule has 1 aliphatic rings. The van der Waals surface area contributed by atoms with E-state index < -0.39 is 0 Å². The zero-order valence-electron chi connectivity index (χ0n) is 17.1. The lowest BCUT2D eigenvalue weighted by Crippen LogP contribution is -2.42. The van der Waals surface area contributed by atoms with E-state index >= 15 is 0 Å². The molecule has 1 amide bonds. The van der Waals surface area contributed by atoms with Crippen molar-refractivity contribution in [3.63, 3.8) is 0 Å². The van der Waals surface area contributed by atoms with Crippen LogP contribution in [0.5, 0.6) is 5.75 Å². The van der Waals surface area contributed by atoms with E-state index in [4.69, 9.17) is 14.5 Å². The first kappa shape index (κ1) is 20.9. The lowest BCUT2D eigenvalue weighted by atomic mass is 10.1. The van der Waals surface area contributed by atoms with E-state index in [-0.39, 0.29) is 24.4 Å². The number of nitrogens with one attached hydrogen (secondary N) is 1. The summed E-state index contributed by atoms with van der Waals surface area (Å²) in [7, 11) is 1.62. The van der Waals surface area contributed by atoms with Crippen LogP contribution in [0.15, 0.2) is 60.9 Å². The first-order valence-electron chi connectivity index (χ1n) is 9.96. The van der Waals surface area contributed by atoms with Gasteiger partial charge in [0.15, 0.2) is 0 Å². The lowest BCUT2D eigenvalue weighted by molar-refractivity contribution is -0.119. The number of halogens is 1. The highest BCUT2D eigenvalue weighted by atomic mass is 19.1. The summed E-state index contributed by atoms with van der Waals surface area (Å²) < 4.78 is 24.2. The Morgan fingerprint density at radius 2 is 2.10 bits per heavy atom. The largest absolute Gasteiger partial charge is 0.497 e. The second-order valence-corrected chi connectivity index (χ2v) is 7.21. The zero-order chi connectivity index (χ0) is 21.6. The van der Waals surface area contributed by atoms with Crippen molar-refractivity contribution in [2.24, 2.45) is 0 Å². The Balaban J connectivity index is 1.41. The van der Waals surface area contributed by atoms with Gasteiger partial charge in [0.25, 0.3) is 0 Å². The van der Waals surface area contributed by atoms with Crippen molar-refractivity contribution in [1.82, 2.24) is 14.9 Å². The quantitative estimate of drug-likeness (QED) is 0.657. The van der Waals surface area contributed by atoms with E-state index in [1.165, 1.54) is 24.3 Å². The van der Waals surface area contributed by atoms with Crippen LogP contribution >= 0.6 is 0 Å². The summed E-state index contributed by atoms with van der Waals surface area (Å²) in [6, 6.07) is 13.3. The van der Waals surface area contributed by atoms with Crippen LogP contribution in [0, 0.1) is 5.82 Å². The fourth-order valence-electron chi connectivity index (χ4n) is 3.42. The van der Waals surface area contributed by atoms with Gasteiger partial charge in [-0.1, -0.05) is 12.1 Å². The fourth-order valence-corrected chi connectivity index (χ4v) is 3.42. The second-order valence-electron chi connectivity index (χ2n) is 7.21. The Labute approximate surface area is 179 Å². The molecule has 1 atom stereocenters. The van der Waals surface area contributed by atoms with Crippen LogP contribution in [0.3, 0.4) is 0 Å². The first-order chi connectivity index (χ1) is 15.1. The number of carbonyl (C=O) groups is 1. The topological polar surface area (TPSA) is 76.6 Å². The molecular weight excluding hydrogens is 399 g/mol. The van der Waals surface area contributed by atoms with Crippen molar-refractivity contribution in [2.75, 3.05) is 38.7 Å². The fraction of sp³-hybridized carbons (Fsp3) is 0.261. The van der Waals surface area contributed by atoms with Crippen LogP contribution in [0.4, 0.5) is 10.1 Å². The second kappa shape index (κ2) is 9.63. The summed E-state index contributed by atoms with van der Waals surface area (Å²) in [5, 5.41) is 2.78. The van der Waals surface area contributed by atoms with Gasteiger partial charge >= 0.3 is 0 Å². The Morgan fingerprint density at radius 1 is 1.26 bits per heavy atom. The number of amides is 1. The van der Waals surface area contributed by atoms with Crippen molar-refractivity contribution in [2.45, 2.75) is 6.10 Å². The van der Waals surface area contributed by atoms with Gasteiger partial charge in [-0.3, -0.25) is 14.7 Å². The summed E-state index contributed by atoms with van der Waals surface area (Å²) in [6.45, 7) is 1.85. The smallest absolute Gasteiger partial charge is 0.238 e. The highest BCUT2D eigenvalue weighted by molar-refractivity contribution is 5.92. The van der Waals surface area contributed by atoms with Crippen LogP contribution in [0.1, 0.15) is 11.8 Å². The molecular formula is C23H23FN4O3. The Bertz CT molecular complexity index is 1050. The summed E-state index contributed by atoms with van der Waals surface area (Å²) in [5.41, 5.74) is 2.91. The molecule has 0 bridgehead atoms. The molecule has 1 fully saturated rings. The molecule has 0 saturated carbocycles. The number of nitrogens with zero attached hydrogens (tertiary/aromatic N) is 3. The molecule has 2 aromatic carbocycles. The minimum atomic E-state index is -0.341. The number of hydrogen-bond acceptors (Lipinski definition) is 6. The molecule has 0 unspecified atom stereocenters. The molecule has 0 radical (unpaired) electrons. The van der Waals surface area contributed by atoms with Crippen molar-refractivity contribution >= 4 is 11.6 Å². The van der Waals surface area contributed by atoms with Gasteiger partial charge in [-0.15, -0.1) is 0 Å². The van der Waals surface area contributed by atoms with Gasteiger partial charge in [0.1, 0.15) is 17.7 Å². The number of hydrogen-bond donors (Lipinski definition) is 1. The summed E-state index contributed by atoms with van der Waals surface area (Å²) in [5.74, 6) is 0.242. The lowest BCUT2D eigenvalue weighted by Gasteiger charge is -2.32. The normalized spacial score (nSPS) is 16.6. The summed E-state index contributed by atoms with van der Waals surface area (Å²) in [6.07, 6.45) is 3.11. The van der Waals surface area contributed by atoms with Gasteiger partial charge in [-0.05, 0) is 36.4 Å². The summed E-state index contributed by atoms with van der Waals surface area (Å²) in [4.78, 5) is 23.4. The predicted octanol–water partition coefficient (Wildman–Crippen LogP) is 3.30. The van der Waals surface area contributed by atoms with Crippen LogP contribution in [-0.2, 0) is 9.53 Å². The third-order valence-electron chi connectivity index (χ3n) is 4.99. The molecule has 0 spiro atoms. The van der Waals surface area contributed by atoms with Crippen molar-refractivity contribution in [3.05, 3.63) is 72.4 Å². The number of rotatable bonds is 6. The Hall–Kier alpha value is -3.36. The standard InChI is InChI=1S/C23H23FN4O3/c1-30-19-4-2-3-16(11-19)20-12-25-13-21(27-20)22-14-28(9-10-31-22)15-23(29)26-18-7-5-17(24)6-8-18/h2-8,11-13,22H,9-10,14-15H2,1H3,(H,26,29)/t22-/m0/s1. The maximum atomic E-state index is 13.0. The number of morpholine rings is 1. The predicted molar refractivity (Wildman–Crippen MR) is 114 cm³/mol. The van der Waals surface area contributed by atoms with Gasteiger partial charge in [-0.25, -0.2) is 9.37 Å². The number of methoxy groups -OCH3 is 1. The molecule has 1 aliphatic heterocycles. The van der Waals surface area contributed by atoms with Gasteiger partial charge < -0.3 is 14.8 Å².